The normalized spacial score (nSPS) is 14.8. The number of nitrogens with zero attached hydrogens (tertiary/aromatic N) is 1. The van der Waals surface area contributed by atoms with Crippen LogP contribution in [0.15, 0.2) is 63.3 Å². The van der Waals surface area contributed by atoms with Crippen LogP contribution < -0.4 is 15.2 Å². The Labute approximate surface area is 188 Å². The molecule has 1 aliphatic rings. The maximum absolute atomic E-state index is 12.7. The molecule has 1 amide bonds. The maximum atomic E-state index is 12.7. The van der Waals surface area contributed by atoms with Gasteiger partial charge in [0, 0.05) is 25.1 Å². The molecule has 0 bridgehead atoms. The topological polar surface area (TPSA) is 148 Å². The number of aliphatic imine (C=N–C) groups is 1. The van der Waals surface area contributed by atoms with Gasteiger partial charge in [-0.15, -0.1) is 0 Å². The van der Waals surface area contributed by atoms with Gasteiger partial charge < -0.3 is 5.32 Å². The summed E-state index contributed by atoms with van der Waals surface area (Å²) in [6, 6.07) is 12.0. The zero-order valence-corrected chi connectivity index (χ0v) is 19.1. The molecule has 1 aliphatic heterocycles. The van der Waals surface area contributed by atoms with Crippen molar-refractivity contribution >= 4 is 37.5 Å². The van der Waals surface area contributed by atoms with Crippen LogP contribution in [-0.2, 0) is 31.3 Å². The molecule has 0 aliphatic carbocycles. The second-order valence-corrected chi connectivity index (χ2v) is 10.8. The zero-order valence-electron chi connectivity index (χ0n) is 17.5. The van der Waals surface area contributed by atoms with E-state index in [9.17, 15) is 21.6 Å². The van der Waals surface area contributed by atoms with Crippen molar-refractivity contribution in [2.75, 3.05) is 11.9 Å². The molecule has 9 nitrogen and oxygen atoms in total. The van der Waals surface area contributed by atoms with E-state index in [1.807, 2.05) is 0 Å². The highest BCUT2D eigenvalue weighted by Gasteiger charge is 2.18. The van der Waals surface area contributed by atoms with Crippen molar-refractivity contribution in [3.8, 4) is 0 Å². The van der Waals surface area contributed by atoms with Crippen molar-refractivity contribution < 1.29 is 21.6 Å². The summed E-state index contributed by atoms with van der Waals surface area (Å²) >= 11 is 0. The van der Waals surface area contributed by atoms with Crippen LogP contribution in [0.2, 0.25) is 0 Å². The second kappa shape index (κ2) is 10.2. The fourth-order valence-corrected chi connectivity index (χ4v) is 4.89. The number of rotatable bonds is 7. The van der Waals surface area contributed by atoms with Gasteiger partial charge in [-0.05, 0) is 55.2 Å². The van der Waals surface area contributed by atoms with E-state index < -0.39 is 20.0 Å². The highest BCUT2D eigenvalue weighted by molar-refractivity contribution is 7.90. The number of amides is 1. The van der Waals surface area contributed by atoms with E-state index in [0.717, 1.165) is 24.8 Å². The van der Waals surface area contributed by atoms with E-state index in [1.165, 1.54) is 24.3 Å². The van der Waals surface area contributed by atoms with Crippen LogP contribution in [0.4, 0.5) is 5.69 Å². The van der Waals surface area contributed by atoms with E-state index in [-0.39, 0.29) is 22.1 Å². The van der Waals surface area contributed by atoms with E-state index in [4.69, 9.17) is 5.14 Å². The van der Waals surface area contributed by atoms with Gasteiger partial charge >= 0.3 is 0 Å². The van der Waals surface area contributed by atoms with Crippen LogP contribution in [-0.4, -0.2) is 35.1 Å². The summed E-state index contributed by atoms with van der Waals surface area (Å²) in [7, 11) is -7.56. The van der Waals surface area contributed by atoms with Gasteiger partial charge in [0.25, 0.3) is 10.0 Å². The summed E-state index contributed by atoms with van der Waals surface area (Å²) in [5.41, 5.74) is 1.14. The molecule has 4 N–H and O–H groups in total. The highest BCUT2D eigenvalue weighted by atomic mass is 32.2. The van der Waals surface area contributed by atoms with Gasteiger partial charge in [0.05, 0.1) is 9.79 Å². The average Bonchev–Trinajstić information content (AvgIpc) is 3.00. The molecule has 0 saturated heterocycles. The van der Waals surface area contributed by atoms with Crippen LogP contribution in [0.25, 0.3) is 0 Å². The van der Waals surface area contributed by atoms with Gasteiger partial charge in [0.2, 0.25) is 15.9 Å². The molecule has 2 aromatic rings. The maximum Gasteiger partial charge on any atom is 0.262 e. The number of carbonyl (C=O) groups excluding carboxylic acids is 1. The van der Waals surface area contributed by atoms with Crippen LogP contribution >= 0.6 is 0 Å². The minimum absolute atomic E-state index is 0.00662. The molecule has 11 heteroatoms. The molecule has 172 valence electrons. The number of nitrogens with two attached hydrogens (primary N) is 1. The first-order valence-corrected chi connectivity index (χ1v) is 13.2. The van der Waals surface area contributed by atoms with E-state index >= 15 is 0 Å². The van der Waals surface area contributed by atoms with Gasteiger partial charge in [-0.2, -0.15) is 0 Å². The Morgan fingerprint density at radius 3 is 2.44 bits per heavy atom. The fourth-order valence-electron chi connectivity index (χ4n) is 3.24. The summed E-state index contributed by atoms with van der Waals surface area (Å²) in [5.74, 6) is 0.168. The summed E-state index contributed by atoms with van der Waals surface area (Å²) < 4.78 is 50.6. The third-order valence-corrected chi connectivity index (χ3v) is 7.26. The third-order valence-electron chi connectivity index (χ3n) is 4.95. The molecule has 0 atom stereocenters. The number of anilines is 1. The van der Waals surface area contributed by atoms with Crippen molar-refractivity contribution in [1.82, 2.24) is 4.72 Å². The molecule has 1 heterocycles. The summed E-state index contributed by atoms with van der Waals surface area (Å²) in [6.07, 6.45) is 3.97. The highest BCUT2D eigenvalue weighted by Crippen LogP contribution is 2.17. The van der Waals surface area contributed by atoms with Crippen molar-refractivity contribution in [2.24, 2.45) is 10.1 Å². The summed E-state index contributed by atoms with van der Waals surface area (Å²) in [6.45, 7) is 0.610. The third kappa shape index (κ3) is 6.87. The Kier molecular flexibility index (Phi) is 7.64. The number of carbonyl (C=O) groups is 1. The van der Waals surface area contributed by atoms with Crippen molar-refractivity contribution in [2.45, 2.75) is 48.3 Å². The lowest BCUT2D eigenvalue weighted by Gasteiger charge is -2.11. The predicted octanol–water partition coefficient (Wildman–Crippen LogP) is 2.16. The van der Waals surface area contributed by atoms with E-state index in [0.29, 0.717) is 30.9 Å². The van der Waals surface area contributed by atoms with E-state index in [1.54, 1.807) is 24.3 Å². The van der Waals surface area contributed by atoms with Crippen LogP contribution in [0.1, 0.15) is 37.7 Å². The molecule has 0 spiro atoms. The van der Waals surface area contributed by atoms with Crippen molar-refractivity contribution in [1.29, 1.82) is 0 Å². The number of nitrogens with one attached hydrogen (secondary N) is 2. The Hall–Kier alpha value is -2.76. The minimum atomic E-state index is -3.80. The Balaban J connectivity index is 1.60. The predicted molar refractivity (Wildman–Crippen MR) is 122 cm³/mol. The van der Waals surface area contributed by atoms with Crippen molar-refractivity contribution in [3.63, 3.8) is 0 Å². The number of aryl methyl sites for hydroxylation is 1. The number of benzene rings is 2. The average molecular weight is 479 g/mol. The number of amidine groups is 1. The molecule has 0 saturated carbocycles. The lowest BCUT2D eigenvalue weighted by molar-refractivity contribution is -0.116. The van der Waals surface area contributed by atoms with E-state index in [2.05, 4.69) is 15.0 Å². The van der Waals surface area contributed by atoms with Gasteiger partial charge in [-0.1, -0.05) is 24.6 Å². The van der Waals surface area contributed by atoms with Crippen LogP contribution in [0.3, 0.4) is 0 Å². The SMILES string of the molecule is NS(=O)(=O)c1ccc(CCC(=O)Nc2cccc(S(=O)(=O)NC3=NCCCCC3)c2)cc1. The molecule has 0 unspecified atom stereocenters. The molecule has 32 heavy (non-hydrogen) atoms. The second-order valence-electron chi connectivity index (χ2n) is 7.51. The Bertz CT molecular complexity index is 1210. The Morgan fingerprint density at radius 2 is 1.72 bits per heavy atom. The first-order valence-electron chi connectivity index (χ1n) is 10.2. The lowest BCUT2D eigenvalue weighted by Crippen LogP contribution is -2.30. The largest absolute Gasteiger partial charge is 0.326 e. The minimum Gasteiger partial charge on any atom is -0.326 e. The Morgan fingerprint density at radius 1 is 0.969 bits per heavy atom. The van der Waals surface area contributed by atoms with Crippen molar-refractivity contribution in [3.05, 3.63) is 54.1 Å². The lowest BCUT2D eigenvalue weighted by atomic mass is 10.1. The summed E-state index contributed by atoms with van der Waals surface area (Å²) in [4.78, 5) is 16.7. The van der Waals surface area contributed by atoms with Gasteiger partial charge in [-0.25, -0.2) is 22.0 Å². The molecule has 0 aromatic heterocycles. The number of primary sulfonamides is 1. The number of hydrogen-bond donors (Lipinski definition) is 3. The van der Waals surface area contributed by atoms with Crippen LogP contribution in [0, 0.1) is 0 Å². The molecular formula is C21H26N4O5S2. The molecule has 0 radical (unpaired) electrons. The first kappa shape index (κ1) is 23.9. The molecular weight excluding hydrogens is 452 g/mol. The standard InChI is InChI=1S/C21H26N4O5S2/c22-31(27,28)18-11-8-16(9-12-18)10-13-21(26)24-17-5-4-6-19(15-17)32(29,30)25-20-7-2-1-3-14-23-20/h4-6,8-9,11-12,15H,1-3,7,10,13-14H2,(H,23,25)(H,24,26)(H2,22,27,28). The molecule has 3 rings (SSSR count). The van der Waals surface area contributed by atoms with Gasteiger partial charge in [0.15, 0.2) is 0 Å². The number of hydrogen-bond acceptors (Lipinski definition) is 6. The molecule has 2 aromatic carbocycles. The van der Waals surface area contributed by atoms with Crippen LogP contribution in [0.5, 0.6) is 0 Å². The quantitative estimate of drug-likeness (QED) is 0.558. The zero-order chi connectivity index (χ0) is 23.2. The monoisotopic (exact) mass is 478 g/mol. The number of sulfonamides is 2. The summed E-state index contributed by atoms with van der Waals surface area (Å²) in [5, 5.41) is 7.77. The van der Waals surface area contributed by atoms with Gasteiger partial charge in [-0.3, -0.25) is 14.5 Å². The van der Waals surface area contributed by atoms with Gasteiger partial charge in [0.1, 0.15) is 5.84 Å². The fraction of sp³-hybridized carbons (Fsp3) is 0.333. The molecule has 0 fully saturated rings. The smallest absolute Gasteiger partial charge is 0.262 e. The first-order chi connectivity index (χ1) is 15.1.